The molecule has 0 aliphatic rings. The Bertz CT molecular complexity index is 982. The molecule has 0 fully saturated rings. The van der Waals surface area contributed by atoms with E-state index in [-0.39, 0.29) is 18.0 Å². The summed E-state index contributed by atoms with van der Waals surface area (Å²) in [6.07, 6.45) is 0. The van der Waals surface area contributed by atoms with E-state index in [1.54, 1.807) is 61.6 Å². The smallest absolute Gasteiger partial charge is 0.258 e. The molecule has 2 aromatic carbocycles. The number of fused-ring (bicyclic) bond motifs is 1. The number of benzene rings is 2. The minimum atomic E-state index is -0.223. The first-order valence-corrected chi connectivity index (χ1v) is 8.52. The van der Waals surface area contributed by atoms with E-state index < -0.39 is 0 Å². The first kappa shape index (κ1) is 18.6. The normalized spacial score (nSPS) is 10.7. The molecule has 1 aromatic heterocycles. The molecule has 0 aliphatic carbocycles. The molecule has 3 rings (SSSR count). The van der Waals surface area contributed by atoms with E-state index in [2.05, 4.69) is 9.97 Å². The number of hydrogen-bond donors (Lipinski definition) is 1. The predicted octanol–water partition coefficient (Wildman–Crippen LogP) is 2.22. The maximum Gasteiger partial charge on any atom is 0.258 e. The summed E-state index contributed by atoms with van der Waals surface area (Å²) >= 11 is 0. The van der Waals surface area contributed by atoms with Gasteiger partial charge in [0.25, 0.3) is 11.5 Å². The molecule has 0 spiro atoms. The second-order valence-corrected chi connectivity index (χ2v) is 5.98. The zero-order chi connectivity index (χ0) is 19.2. The molecule has 140 valence electrons. The summed E-state index contributed by atoms with van der Waals surface area (Å²) in [5, 5.41) is 0.520. The van der Waals surface area contributed by atoms with Crippen LogP contribution in [0.25, 0.3) is 10.9 Å². The van der Waals surface area contributed by atoms with E-state index in [4.69, 9.17) is 9.47 Å². The largest absolute Gasteiger partial charge is 0.497 e. The number of nitrogens with one attached hydrogen (secondary N) is 1. The number of carbonyl (C=O) groups is 1. The molecule has 1 amide bonds. The molecular weight excluding hydrogens is 346 g/mol. The number of aromatic amines is 1. The van der Waals surface area contributed by atoms with Gasteiger partial charge in [0.15, 0.2) is 0 Å². The van der Waals surface area contributed by atoms with Crippen molar-refractivity contribution in [3.05, 3.63) is 70.3 Å². The van der Waals surface area contributed by atoms with Gasteiger partial charge in [-0.3, -0.25) is 9.59 Å². The van der Waals surface area contributed by atoms with Crippen LogP contribution in [0.15, 0.2) is 53.3 Å². The Labute approximate surface area is 156 Å². The molecule has 0 bridgehead atoms. The average Bonchev–Trinajstić information content (AvgIpc) is 2.70. The number of ether oxygens (including phenoxy) is 2. The Morgan fingerprint density at radius 1 is 1.11 bits per heavy atom. The van der Waals surface area contributed by atoms with Crippen LogP contribution in [-0.2, 0) is 11.3 Å². The van der Waals surface area contributed by atoms with Crippen LogP contribution in [0.2, 0.25) is 0 Å². The van der Waals surface area contributed by atoms with Gasteiger partial charge in [-0.15, -0.1) is 0 Å². The second kappa shape index (κ2) is 8.46. The summed E-state index contributed by atoms with van der Waals surface area (Å²) in [7, 11) is 3.15. The summed E-state index contributed by atoms with van der Waals surface area (Å²) in [5.74, 6) is 0.928. The van der Waals surface area contributed by atoms with Crippen molar-refractivity contribution in [2.24, 2.45) is 0 Å². The average molecular weight is 367 g/mol. The highest BCUT2D eigenvalue weighted by Gasteiger charge is 2.18. The van der Waals surface area contributed by atoms with Crippen molar-refractivity contribution in [1.29, 1.82) is 0 Å². The number of hydrogen-bond acceptors (Lipinski definition) is 5. The Morgan fingerprint density at radius 3 is 2.56 bits per heavy atom. The number of carbonyl (C=O) groups excluding carboxylic acids is 1. The van der Waals surface area contributed by atoms with Crippen LogP contribution in [0.1, 0.15) is 16.2 Å². The van der Waals surface area contributed by atoms with Gasteiger partial charge in [0.1, 0.15) is 11.6 Å². The van der Waals surface area contributed by atoms with Crippen LogP contribution in [0, 0.1) is 0 Å². The first-order chi connectivity index (χ1) is 13.1. The molecule has 0 saturated carbocycles. The van der Waals surface area contributed by atoms with Crippen molar-refractivity contribution >= 4 is 16.8 Å². The van der Waals surface area contributed by atoms with Crippen LogP contribution in [0.3, 0.4) is 0 Å². The highest BCUT2D eigenvalue weighted by Crippen LogP contribution is 2.14. The number of amides is 1. The quantitative estimate of drug-likeness (QED) is 0.692. The molecule has 0 radical (unpaired) electrons. The number of para-hydroxylation sites is 1. The van der Waals surface area contributed by atoms with Crippen molar-refractivity contribution in [3.8, 4) is 5.75 Å². The fourth-order valence-electron chi connectivity index (χ4n) is 2.76. The molecule has 1 N–H and O–H groups in total. The van der Waals surface area contributed by atoms with Crippen molar-refractivity contribution in [3.63, 3.8) is 0 Å². The molecule has 1 heterocycles. The lowest BCUT2D eigenvalue weighted by molar-refractivity contribution is 0.0675. The molecule has 0 atom stereocenters. The minimum absolute atomic E-state index is 0.175. The van der Waals surface area contributed by atoms with Crippen molar-refractivity contribution in [2.75, 3.05) is 27.4 Å². The zero-order valence-corrected chi connectivity index (χ0v) is 15.3. The summed E-state index contributed by atoms with van der Waals surface area (Å²) in [6.45, 7) is 0.923. The zero-order valence-electron chi connectivity index (χ0n) is 15.3. The van der Waals surface area contributed by atoms with Crippen LogP contribution in [0.5, 0.6) is 5.75 Å². The van der Waals surface area contributed by atoms with Gasteiger partial charge < -0.3 is 19.4 Å². The van der Waals surface area contributed by atoms with Gasteiger partial charge in [-0.25, -0.2) is 4.98 Å². The Morgan fingerprint density at radius 2 is 1.85 bits per heavy atom. The topological polar surface area (TPSA) is 84.5 Å². The third-order valence-electron chi connectivity index (χ3n) is 4.19. The number of rotatable bonds is 7. The standard InChI is InChI=1S/C20H21N3O4/c1-26-12-11-23(20(25)14-7-9-15(27-2)10-8-14)13-18-21-17-6-4-3-5-16(17)19(24)22-18/h3-10H,11-13H2,1-2H3,(H,21,22,24). The van der Waals surface area contributed by atoms with E-state index in [1.807, 2.05) is 6.07 Å². The van der Waals surface area contributed by atoms with E-state index in [1.165, 1.54) is 0 Å². The number of H-pyrrole nitrogens is 1. The third-order valence-corrected chi connectivity index (χ3v) is 4.19. The lowest BCUT2D eigenvalue weighted by Crippen LogP contribution is -2.34. The van der Waals surface area contributed by atoms with Crippen LogP contribution in [-0.4, -0.2) is 48.1 Å². The molecule has 27 heavy (non-hydrogen) atoms. The van der Waals surface area contributed by atoms with Gasteiger partial charge in [-0.2, -0.15) is 0 Å². The highest BCUT2D eigenvalue weighted by atomic mass is 16.5. The SMILES string of the molecule is COCCN(Cc1nc2ccccc2c(=O)[nH]1)C(=O)c1ccc(OC)cc1. The fourth-order valence-corrected chi connectivity index (χ4v) is 2.76. The maximum atomic E-state index is 12.9. The van der Waals surface area contributed by atoms with Gasteiger partial charge in [-0.1, -0.05) is 12.1 Å². The molecule has 7 nitrogen and oxygen atoms in total. The minimum Gasteiger partial charge on any atom is -0.497 e. The molecule has 7 heteroatoms. The summed E-state index contributed by atoms with van der Waals surface area (Å²) in [6, 6.07) is 14.0. The van der Waals surface area contributed by atoms with E-state index in [0.717, 1.165) is 0 Å². The number of methoxy groups -OCH3 is 2. The molecule has 3 aromatic rings. The highest BCUT2D eigenvalue weighted by molar-refractivity contribution is 5.94. The summed E-state index contributed by atoms with van der Waals surface area (Å²) in [4.78, 5) is 34.0. The number of aromatic nitrogens is 2. The predicted molar refractivity (Wildman–Crippen MR) is 102 cm³/mol. The molecular formula is C20H21N3O4. The first-order valence-electron chi connectivity index (χ1n) is 8.52. The van der Waals surface area contributed by atoms with Crippen molar-refractivity contribution < 1.29 is 14.3 Å². The third kappa shape index (κ3) is 4.32. The maximum absolute atomic E-state index is 12.9. The van der Waals surface area contributed by atoms with Gasteiger partial charge >= 0.3 is 0 Å². The summed E-state index contributed by atoms with van der Waals surface area (Å²) in [5.41, 5.74) is 0.897. The molecule has 0 unspecified atom stereocenters. The van der Waals surface area contributed by atoms with E-state index in [9.17, 15) is 9.59 Å². The summed E-state index contributed by atoms with van der Waals surface area (Å²) < 4.78 is 10.2. The van der Waals surface area contributed by atoms with E-state index >= 15 is 0 Å². The van der Waals surface area contributed by atoms with Gasteiger partial charge in [0.2, 0.25) is 0 Å². The lowest BCUT2D eigenvalue weighted by Gasteiger charge is -2.22. The van der Waals surface area contributed by atoms with E-state index in [0.29, 0.717) is 41.2 Å². The van der Waals surface area contributed by atoms with Crippen LogP contribution in [0.4, 0.5) is 0 Å². The van der Waals surface area contributed by atoms with Crippen LogP contribution >= 0.6 is 0 Å². The van der Waals surface area contributed by atoms with Gasteiger partial charge in [-0.05, 0) is 36.4 Å². The molecule has 0 saturated heterocycles. The monoisotopic (exact) mass is 367 g/mol. The Hall–Kier alpha value is -3.19. The fraction of sp³-hybridized carbons (Fsp3) is 0.250. The lowest BCUT2D eigenvalue weighted by atomic mass is 10.2. The van der Waals surface area contributed by atoms with Crippen LogP contribution < -0.4 is 10.3 Å². The Kier molecular flexibility index (Phi) is 5.83. The molecule has 0 aliphatic heterocycles. The second-order valence-electron chi connectivity index (χ2n) is 5.98. The van der Waals surface area contributed by atoms with Gasteiger partial charge in [0, 0.05) is 19.2 Å². The van der Waals surface area contributed by atoms with Gasteiger partial charge in [0.05, 0.1) is 31.2 Å². The number of nitrogens with zero attached hydrogens (tertiary/aromatic N) is 2. The van der Waals surface area contributed by atoms with Crippen molar-refractivity contribution in [2.45, 2.75) is 6.54 Å². The Balaban J connectivity index is 1.88. The van der Waals surface area contributed by atoms with Crippen molar-refractivity contribution in [1.82, 2.24) is 14.9 Å².